The number of rotatable bonds is 6. The number of aryl methyl sites for hydroxylation is 2. The predicted molar refractivity (Wildman–Crippen MR) is 127 cm³/mol. The van der Waals surface area contributed by atoms with Gasteiger partial charge in [0.05, 0.1) is 0 Å². The summed E-state index contributed by atoms with van der Waals surface area (Å²) in [4.78, 5) is 25.7. The number of benzene rings is 2. The van der Waals surface area contributed by atoms with Crippen molar-refractivity contribution in [2.45, 2.75) is 13.8 Å². The number of piperazine rings is 1. The highest BCUT2D eigenvalue weighted by molar-refractivity contribution is 6.30. The molecule has 0 saturated carbocycles. The Bertz CT molecular complexity index is 1060. The zero-order chi connectivity index (χ0) is 22.5. The molecule has 1 fully saturated rings. The second kappa shape index (κ2) is 9.87. The number of nitrogens with zero attached hydrogens (tertiary/aromatic N) is 4. The Kier molecular flexibility index (Phi) is 6.75. The number of ether oxygens (including phenoxy) is 1. The van der Waals surface area contributed by atoms with Crippen molar-refractivity contribution in [1.82, 2.24) is 14.9 Å². The molecule has 0 bridgehead atoms. The van der Waals surface area contributed by atoms with Crippen molar-refractivity contribution >= 4 is 35.0 Å². The van der Waals surface area contributed by atoms with E-state index < -0.39 is 0 Å². The number of hydrogen-bond acceptors (Lipinski definition) is 6. The summed E-state index contributed by atoms with van der Waals surface area (Å²) >= 11 is 5.88. The molecule has 1 saturated heterocycles. The fraction of sp³-hybridized carbons (Fsp3) is 0.292. The Balaban J connectivity index is 1.33. The Morgan fingerprint density at radius 1 is 1.00 bits per heavy atom. The average molecular weight is 452 g/mol. The number of carbonyl (C=O) groups is 1. The van der Waals surface area contributed by atoms with Crippen LogP contribution in [0, 0.1) is 13.8 Å². The lowest BCUT2D eigenvalue weighted by atomic mass is 10.2. The molecular formula is C24H26ClN5O2. The molecule has 4 rings (SSSR count). The molecule has 2 heterocycles. The molecule has 32 heavy (non-hydrogen) atoms. The Hall–Kier alpha value is -3.32. The highest BCUT2D eigenvalue weighted by Gasteiger charge is 2.23. The molecule has 3 aromatic rings. The minimum absolute atomic E-state index is 0.0128. The molecule has 166 valence electrons. The molecule has 0 spiro atoms. The van der Waals surface area contributed by atoms with Crippen LogP contribution in [0.15, 0.2) is 54.6 Å². The van der Waals surface area contributed by atoms with E-state index in [4.69, 9.17) is 21.3 Å². The van der Waals surface area contributed by atoms with Crippen LogP contribution < -0.4 is 15.0 Å². The van der Waals surface area contributed by atoms with Gasteiger partial charge in [-0.05, 0) is 50.2 Å². The topological polar surface area (TPSA) is 70.6 Å². The monoisotopic (exact) mass is 451 g/mol. The van der Waals surface area contributed by atoms with Crippen LogP contribution in [0.3, 0.4) is 0 Å². The van der Waals surface area contributed by atoms with Gasteiger partial charge in [-0.1, -0.05) is 29.3 Å². The summed E-state index contributed by atoms with van der Waals surface area (Å²) in [6.45, 7) is 6.66. The average Bonchev–Trinajstić information content (AvgIpc) is 2.80. The Morgan fingerprint density at radius 2 is 1.69 bits per heavy atom. The van der Waals surface area contributed by atoms with Crippen molar-refractivity contribution in [2.75, 3.05) is 43.0 Å². The summed E-state index contributed by atoms with van der Waals surface area (Å²) in [6, 6.07) is 17.1. The molecule has 0 radical (unpaired) electrons. The Morgan fingerprint density at radius 3 is 2.38 bits per heavy atom. The fourth-order valence-electron chi connectivity index (χ4n) is 3.49. The number of nitrogens with one attached hydrogen (secondary N) is 1. The van der Waals surface area contributed by atoms with E-state index in [9.17, 15) is 4.79 Å². The van der Waals surface area contributed by atoms with Crippen LogP contribution in [0.25, 0.3) is 0 Å². The smallest absolute Gasteiger partial charge is 0.260 e. The van der Waals surface area contributed by atoms with E-state index >= 15 is 0 Å². The lowest BCUT2D eigenvalue weighted by molar-refractivity contribution is -0.133. The summed E-state index contributed by atoms with van der Waals surface area (Å²) in [6.07, 6.45) is 0. The number of anilines is 3. The maximum absolute atomic E-state index is 12.5. The molecule has 8 heteroatoms. The van der Waals surface area contributed by atoms with Gasteiger partial charge in [0.2, 0.25) is 5.95 Å². The van der Waals surface area contributed by atoms with Crippen molar-refractivity contribution in [3.05, 3.63) is 70.9 Å². The molecule has 1 aromatic heterocycles. The third kappa shape index (κ3) is 5.68. The van der Waals surface area contributed by atoms with Crippen LogP contribution in [0.2, 0.25) is 5.02 Å². The maximum Gasteiger partial charge on any atom is 0.260 e. The molecular weight excluding hydrogens is 426 g/mol. The second-order valence-corrected chi connectivity index (χ2v) is 8.23. The van der Waals surface area contributed by atoms with Gasteiger partial charge in [0.1, 0.15) is 11.6 Å². The van der Waals surface area contributed by atoms with Crippen molar-refractivity contribution in [2.24, 2.45) is 0 Å². The number of halogens is 1. The van der Waals surface area contributed by atoms with Gasteiger partial charge in [0.15, 0.2) is 6.61 Å². The lowest BCUT2D eigenvalue weighted by Crippen LogP contribution is -2.50. The van der Waals surface area contributed by atoms with Crippen LogP contribution in [0.4, 0.5) is 17.5 Å². The van der Waals surface area contributed by atoms with E-state index in [1.54, 1.807) is 24.3 Å². The van der Waals surface area contributed by atoms with Crippen LogP contribution in [0.1, 0.15) is 11.3 Å². The van der Waals surface area contributed by atoms with E-state index in [1.165, 1.54) is 5.56 Å². The zero-order valence-electron chi connectivity index (χ0n) is 18.2. The highest BCUT2D eigenvalue weighted by Crippen LogP contribution is 2.20. The predicted octanol–water partition coefficient (Wildman–Crippen LogP) is 4.22. The third-order valence-corrected chi connectivity index (χ3v) is 5.53. The second-order valence-electron chi connectivity index (χ2n) is 7.79. The zero-order valence-corrected chi connectivity index (χ0v) is 19.0. The van der Waals surface area contributed by atoms with E-state index in [1.807, 2.05) is 42.2 Å². The fourth-order valence-corrected chi connectivity index (χ4v) is 3.61. The first-order chi connectivity index (χ1) is 15.5. The van der Waals surface area contributed by atoms with Crippen LogP contribution in [-0.2, 0) is 4.79 Å². The van der Waals surface area contributed by atoms with Crippen LogP contribution in [0.5, 0.6) is 5.75 Å². The summed E-state index contributed by atoms with van der Waals surface area (Å²) < 4.78 is 5.59. The van der Waals surface area contributed by atoms with Gasteiger partial charge in [-0.3, -0.25) is 4.79 Å². The summed E-state index contributed by atoms with van der Waals surface area (Å²) in [5.41, 5.74) is 3.04. The highest BCUT2D eigenvalue weighted by atomic mass is 35.5. The first kappa shape index (κ1) is 21.9. The minimum atomic E-state index is -0.0276. The van der Waals surface area contributed by atoms with Crippen LogP contribution in [-0.4, -0.2) is 53.6 Å². The van der Waals surface area contributed by atoms with Crippen molar-refractivity contribution in [1.29, 1.82) is 0 Å². The molecule has 0 aliphatic carbocycles. The van der Waals surface area contributed by atoms with Crippen molar-refractivity contribution < 1.29 is 9.53 Å². The number of carbonyl (C=O) groups excluding carboxylic acids is 1. The summed E-state index contributed by atoms with van der Waals surface area (Å²) in [5, 5.41) is 3.91. The molecule has 1 N–H and O–H groups in total. The quantitative estimate of drug-likeness (QED) is 0.605. The van der Waals surface area contributed by atoms with Gasteiger partial charge in [-0.2, -0.15) is 4.98 Å². The van der Waals surface area contributed by atoms with Crippen LogP contribution >= 0.6 is 11.6 Å². The molecule has 7 nitrogen and oxygen atoms in total. The molecule has 0 unspecified atom stereocenters. The van der Waals surface area contributed by atoms with E-state index in [0.717, 1.165) is 17.2 Å². The Labute approximate surface area is 193 Å². The number of amides is 1. The van der Waals surface area contributed by atoms with Gasteiger partial charge in [0.25, 0.3) is 5.91 Å². The molecule has 2 aromatic carbocycles. The van der Waals surface area contributed by atoms with Crippen molar-refractivity contribution in [3.63, 3.8) is 0 Å². The first-order valence-electron chi connectivity index (χ1n) is 10.6. The van der Waals surface area contributed by atoms with Gasteiger partial charge in [0, 0.05) is 48.6 Å². The van der Waals surface area contributed by atoms with E-state index in [0.29, 0.717) is 42.9 Å². The van der Waals surface area contributed by atoms with Gasteiger partial charge in [-0.25, -0.2) is 4.98 Å². The molecule has 1 aliphatic rings. The standard InChI is InChI=1S/C24H26ClN5O2/c1-17-3-7-20(8-4-17)27-24-26-18(2)15-22(28-24)29-11-13-30(14-12-29)23(31)16-32-21-9-5-19(25)6-10-21/h3-10,15H,11-14,16H2,1-2H3,(H,26,27,28). The van der Waals surface area contributed by atoms with Gasteiger partial charge in [-0.15, -0.1) is 0 Å². The minimum Gasteiger partial charge on any atom is -0.484 e. The summed E-state index contributed by atoms with van der Waals surface area (Å²) in [5.74, 6) is 2.03. The maximum atomic E-state index is 12.5. The first-order valence-corrected chi connectivity index (χ1v) is 10.9. The van der Waals surface area contributed by atoms with Gasteiger partial charge >= 0.3 is 0 Å². The third-order valence-electron chi connectivity index (χ3n) is 5.28. The summed E-state index contributed by atoms with van der Waals surface area (Å²) in [7, 11) is 0. The van der Waals surface area contributed by atoms with Gasteiger partial charge < -0.3 is 19.9 Å². The van der Waals surface area contributed by atoms with E-state index in [2.05, 4.69) is 22.1 Å². The SMILES string of the molecule is Cc1ccc(Nc2nc(C)cc(N3CCN(C(=O)COc4ccc(Cl)cc4)CC3)n2)cc1. The normalized spacial score (nSPS) is 13.7. The molecule has 1 aliphatic heterocycles. The van der Waals surface area contributed by atoms with Crippen molar-refractivity contribution in [3.8, 4) is 5.75 Å². The molecule has 0 atom stereocenters. The number of aromatic nitrogens is 2. The van der Waals surface area contributed by atoms with E-state index in [-0.39, 0.29) is 12.5 Å². The molecule has 1 amide bonds. The lowest BCUT2D eigenvalue weighted by Gasteiger charge is -2.35. The number of hydrogen-bond donors (Lipinski definition) is 1. The largest absolute Gasteiger partial charge is 0.484 e.